The van der Waals surface area contributed by atoms with Crippen LogP contribution in [0.1, 0.15) is 19.8 Å². The summed E-state index contributed by atoms with van der Waals surface area (Å²) in [5.74, 6) is 0. The SMILES string of the molecule is CCCN1CCC(O)(C(F)F)C1. The number of hydrogen-bond acceptors (Lipinski definition) is 2. The molecule has 1 fully saturated rings. The first-order valence-electron chi connectivity index (χ1n) is 4.31. The lowest BCUT2D eigenvalue weighted by Crippen LogP contribution is -2.40. The number of nitrogens with zero attached hydrogens (tertiary/aromatic N) is 1. The number of likely N-dealkylation sites (tertiary alicyclic amines) is 1. The topological polar surface area (TPSA) is 23.5 Å². The average Bonchev–Trinajstić information content (AvgIpc) is 2.34. The summed E-state index contributed by atoms with van der Waals surface area (Å²) >= 11 is 0. The fraction of sp³-hybridized carbons (Fsp3) is 1.00. The van der Waals surface area contributed by atoms with Gasteiger partial charge in [-0.25, -0.2) is 8.78 Å². The summed E-state index contributed by atoms with van der Waals surface area (Å²) in [4.78, 5) is 1.88. The molecule has 0 aliphatic carbocycles. The van der Waals surface area contributed by atoms with Gasteiger partial charge in [0.25, 0.3) is 6.43 Å². The van der Waals surface area contributed by atoms with Crippen LogP contribution in [0.5, 0.6) is 0 Å². The van der Waals surface area contributed by atoms with Gasteiger partial charge in [-0.2, -0.15) is 0 Å². The Kier molecular flexibility index (Phi) is 3.01. The average molecular weight is 179 g/mol. The van der Waals surface area contributed by atoms with Gasteiger partial charge in [0.05, 0.1) is 0 Å². The van der Waals surface area contributed by atoms with Crippen molar-refractivity contribution >= 4 is 0 Å². The predicted octanol–water partition coefficient (Wildman–Crippen LogP) is 1.10. The van der Waals surface area contributed by atoms with Gasteiger partial charge in [0.2, 0.25) is 0 Å². The van der Waals surface area contributed by atoms with Crippen molar-refractivity contribution in [1.29, 1.82) is 0 Å². The van der Waals surface area contributed by atoms with Gasteiger partial charge < -0.3 is 10.0 Å². The number of hydrogen-bond donors (Lipinski definition) is 1. The summed E-state index contributed by atoms with van der Waals surface area (Å²) in [5, 5.41) is 9.37. The number of aliphatic hydroxyl groups is 1. The molecule has 1 aliphatic heterocycles. The highest BCUT2D eigenvalue weighted by molar-refractivity contribution is 4.91. The van der Waals surface area contributed by atoms with Gasteiger partial charge >= 0.3 is 0 Å². The van der Waals surface area contributed by atoms with Crippen molar-refractivity contribution in [1.82, 2.24) is 4.90 Å². The molecule has 0 amide bonds. The van der Waals surface area contributed by atoms with Crippen LogP contribution in [0.3, 0.4) is 0 Å². The van der Waals surface area contributed by atoms with Gasteiger partial charge in [-0.3, -0.25) is 0 Å². The summed E-state index contributed by atoms with van der Waals surface area (Å²) in [6.45, 7) is 3.52. The predicted molar refractivity (Wildman–Crippen MR) is 42.3 cm³/mol. The molecule has 1 aliphatic rings. The molecule has 12 heavy (non-hydrogen) atoms. The van der Waals surface area contributed by atoms with Crippen molar-refractivity contribution in [3.8, 4) is 0 Å². The first-order chi connectivity index (χ1) is 5.58. The minimum atomic E-state index is -2.61. The van der Waals surface area contributed by atoms with Gasteiger partial charge in [-0.1, -0.05) is 6.92 Å². The van der Waals surface area contributed by atoms with Gasteiger partial charge in [0.15, 0.2) is 0 Å². The fourth-order valence-electron chi connectivity index (χ4n) is 1.58. The quantitative estimate of drug-likeness (QED) is 0.701. The van der Waals surface area contributed by atoms with Crippen molar-refractivity contribution in [3.05, 3.63) is 0 Å². The Morgan fingerprint density at radius 2 is 2.25 bits per heavy atom. The maximum Gasteiger partial charge on any atom is 0.268 e. The van der Waals surface area contributed by atoms with Gasteiger partial charge in [-0.05, 0) is 19.4 Å². The molecule has 0 radical (unpaired) electrons. The van der Waals surface area contributed by atoms with Crippen LogP contribution in [-0.4, -0.2) is 41.7 Å². The molecule has 1 rings (SSSR count). The molecule has 0 saturated carbocycles. The molecule has 1 heterocycles. The smallest absolute Gasteiger partial charge is 0.268 e. The van der Waals surface area contributed by atoms with Gasteiger partial charge in [0, 0.05) is 13.1 Å². The minimum absolute atomic E-state index is 0.124. The van der Waals surface area contributed by atoms with Crippen LogP contribution >= 0.6 is 0 Å². The van der Waals surface area contributed by atoms with E-state index in [0.717, 1.165) is 13.0 Å². The van der Waals surface area contributed by atoms with Crippen LogP contribution in [0.2, 0.25) is 0 Å². The maximum absolute atomic E-state index is 12.3. The second kappa shape index (κ2) is 3.66. The van der Waals surface area contributed by atoms with Gasteiger partial charge in [0.1, 0.15) is 5.60 Å². The standard InChI is InChI=1S/C8H15F2NO/c1-2-4-11-5-3-8(12,6-11)7(9)10/h7,12H,2-6H2,1H3. The molecule has 0 spiro atoms. The van der Waals surface area contributed by atoms with E-state index >= 15 is 0 Å². The first-order valence-corrected chi connectivity index (χ1v) is 4.31. The lowest BCUT2D eigenvalue weighted by molar-refractivity contribution is -0.0869. The van der Waals surface area contributed by atoms with Crippen molar-refractivity contribution in [3.63, 3.8) is 0 Å². The summed E-state index contributed by atoms with van der Waals surface area (Å²) in [5.41, 5.74) is -1.74. The molecule has 1 atom stereocenters. The molecule has 1 unspecified atom stereocenters. The van der Waals surface area contributed by atoms with Crippen LogP contribution in [0.4, 0.5) is 8.78 Å². The summed E-state index contributed by atoms with van der Waals surface area (Å²) in [6.07, 6.45) is -1.47. The van der Waals surface area contributed by atoms with Gasteiger partial charge in [-0.15, -0.1) is 0 Å². The molecule has 0 aromatic carbocycles. The minimum Gasteiger partial charge on any atom is -0.383 e. The monoisotopic (exact) mass is 179 g/mol. The molecule has 0 aromatic heterocycles. The number of β-amino-alcohol motifs (C(OH)–C–C–N with tert-alkyl or cyclic N) is 1. The second-order valence-corrected chi connectivity index (χ2v) is 3.43. The van der Waals surface area contributed by atoms with E-state index in [4.69, 9.17) is 0 Å². The lowest BCUT2D eigenvalue weighted by atomic mass is 10.1. The van der Waals surface area contributed by atoms with E-state index in [1.54, 1.807) is 0 Å². The van der Waals surface area contributed by atoms with E-state index in [2.05, 4.69) is 0 Å². The van der Waals surface area contributed by atoms with E-state index in [9.17, 15) is 13.9 Å². The molecule has 4 heteroatoms. The van der Waals surface area contributed by atoms with Crippen LogP contribution in [-0.2, 0) is 0 Å². The zero-order valence-electron chi connectivity index (χ0n) is 7.26. The van der Waals surface area contributed by atoms with Crippen LogP contribution in [0, 0.1) is 0 Å². The molecule has 72 valence electrons. The van der Waals surface area contributed by atoms with Crippen molar-refractivity contribution in [2.75, 3.05) is 19.6 Å². The summed E-state index contributed by atoms with van der Waals surface area (Å²) < 4.78 is 24.5. The van der Waals surface area contributed by atoms with Crippen LogP contribution < -0.4 is 0 Å². The van der Waals surface area contributed by atoms with Crippen molar-refractivity contribution < 1.29 is 13.9 Å². The molecule has 2 nitrogen and oxygen atoms in total. The third-order valence-corrected chi connectivity index (χ3v) is 2.30. The molecule has 0 aromatic rings. The molecule has 1 N–H and O–H groups in total. The Morgan fingerprint density at radius 1 is 1.58 bits per heavy atom. The lowest BCUT2D eigenvalue weighted by Gasteiger charge is -2.21. The zero-order chi connectivity index (χ0) is 9.19. The molecular formula is C8H15F2NO. The van der Waals surface area contributed by atoms with E-state index in [1.807, 2.05) is 11.8 Å². The number of halogens is 2. The highest BCUT2D eigenvalue weighted by Gasteiger charge is 2.43. The third-order valence-electron chi connectivity index (χ3n) is 2.30. The normalized spacial score (nSPS) is 31.8. The Morgan fingerprint density at radius 3 is 2.67 bits per heavy atom. The Balaban J connectivity index is 2.43. The molecular weight excluding hydrogens is 164 g/mol. The Hall–Kier alpha value is -0.220. The first kappa shape index (κ1) is 9.86. The largest absolute Gasteiger partial charge is 0.383 e. The highest BCUT2D eigenvalue weighted by Crippen LogP contribution is 2.27. The Bertz CT molecular complexity index is 154. The number of alkyl halides is 2. The zero-order valence-corrected chi connectivity index (χ0v) is 7.26. The van der Waals surface area contributed by atoms with E-state index in [-0.39, 0.29) is 13.0 Å². The maximum atomic E-state index is 12.3. The van der Waals surface area contributed by atoms with E-state index in [0.29, 0.717) is 6.54 Å². The highest BCUT2D eigenvalue weighted by atomic mass is 19.3. The summed E-state index contributed by atoms with van der Waals surface area (Å²) in [7, 11) is 0. The van der Waals surface area contributed by atoms with E-state index in [1.165, 1.54) is 0 Å². The number of rotatable bonds is 3. The summed E-state index contributed by atoms with van der Waals surface area (Å²) in [6, 6.07) is 0. The van der Waals surface area contributed by atoms with Crippen molar-refractivity contribution in [2.24, 2.45) is 0 Å². The van der Waals surface area contributed by atoms with Crippen LogP contribution in [0.15, 0.2) is 0 Å². The Labute approximate surface area is 71.2 Å². The van der Waals surface area contributed by atoms with Crippen LogP contribution in [0.25, 0.3) is 0 Å². The fourth-order valence-corrected chi connectivity index (χ4v) is 1.58. The van der Waals surface area contributed by atoms with Crippen molar-refractivity contribution in [2.45, 2.75) is 31.8 Å². The second-order valence-electron chi connectivity index (χ2n) is 3.43. The molecule has 0 bridgehead atoms. The third kappa shape index (κ3) is 1.93. The van der Waals surface area contributed by atoms with E-state index < -0.39 is 12.0 Å². The molecule has 1 saturated heterocycles.